The van der Waals surface area contributed by atoms with Crippen molar-refractivity contribution < 1.29 is 14.7 Å². The van der Waals surface area contributed by atoms with Gasteiger partial charge >= 0.3 is 5.97 Å². The number of amides is 1. The molecule has 2 atom stereocenters. The number of hydrogen-bond donors (Lipinski definition) is 2. The average molecular weight is 318 g/mol. The monoisotopic (exact) mass is 318 g/mol. The predicted molar refractivity (Wildman–Crippen MR) is 88.9 cm³/mol. The number of nitrogens with zero attached hydrogens (tertiary/aromatic N) is 1. The second kappa shape index (κ2) is 8.67. The normalized spacial score (nSPS) is 18.8. The van der Waals surface area contributed by atoms with Crippen LogP contribution in [-0.4, -0.2) is 41.0 Å². The molecule has 0 spiro atoms. The molecule has 1 amide bonds. The van der Waals surface area contributed by atoms with Crippen molar-refractivity contribution in [1.29, 1.82) is 0 Å². The highest BCUT2D eigenvalue weighted by molar-refractivity contribution is 5.84. The van der Waals surface area contributed by atoms with E-state index in [1.54, 1.807) is 4.90 Å². The van der Waals surface area contributed by atoms with Crippen molar-refractivity contribution in [2.24, 2.45) is 11.7 Å². The first-order valence-electron chi connectivity index (χ1n) is 8.38. The zero-order chi connectivity index (χ0) is 16.7. The minimum atomic E-state index is -0.891. The quantitative estimate of drug-likeness (QED) is 0.768. The number of nitrogens with two attached hydrogens (primary N) is 1. The molecule has 0 radical (unpaired) electrons. The van der Waals surface area contributed by atoms with Gasteiger partial charge in [0, 0.05) is 13.0 Å². The van der Waals surface area contributed by atoms with Gasteiger partial charge in [0.15, 0.2) is 0 Å². The van der Waals surface area contributed by atoms with Gasteiger partial charge in [-0.3, -0.25) is 4.79 Å². The molecule has 0 bridgehead atoms. The third-order valence-electron chi connectivity index (χ3n) is 4.51. The summed E-state index contributed by atoms with van der Waals surface area (Å²) in [5.41, 5.74) is 6.82. The van der Waals surface area contributed by atoms with E-state index >= 15 is 0 Å². The van der Waals surface area contributed by atoms with Gasteiger partial charge in [0.2, 0.25) is 5.91 Å². The van der Waals surface area contributed by atoms with Crippen molar-refractivity contribution in [3.63, 3.8) is 0 Å². The van der Waals surface area contributed by atoms with Crippen LogP contribution in [0.4, 0.5) is 0 Å². The number of carbonyl (C=O) groups excluding carboxylic acids is 1. The summed E-state index contributed by atoms with van der Waals surface area (Å²) in [6.07, 6.45) is 4.34. The Bertz CT molecular complexity index is 518. The van der Waals surface area contributed by atoms with Crippen LogP contribution >= 0.6 is 0 Å². The maximum absolute atomic E-state index is 12.6. The molecule has 5 heteroatoms. The summed E-state index contributed by atoms with van der Waals surface area (Å²) in [7, 11) is 0. The molecule has 1 aliphatic rings. The predicted octanol–water partition coefficient (Wildman–Crippen LogP) is 2.05. The van der Waals surface area contributed by atoms with Crippen molar-refractivity contribution in [3.8, 4) is 0 Å². The summed E-state index contributed by atoms with van der Waals surface area (Å²) < 4.78 is 0. The van der Waals surface area contributed by atoms with Crippen LogP contribution in [0, 0.1) is 5.92 Å². The Hall–Kier alpha value is -1.88. The lowest BCUT2D eigenvalue weighted by molar-refractivity contribution is -0.148. The summed E-state index contributed by atoms with van der Waals surface area (Å²) >= 11 is 0. The molecule has 5 nitrogen and oxygen atoms in total. The molecule has 1 aromatic carbocycles. The Morgan fingerprint density at radius 3 is 2.70 bits per heavy atom. The molecular weight excluding hydrogens is 292 g/mol. The number of aliphatic carboxylic acids is 1. The van der Waals surface area contributed by atoms with Gasteiger partial charge in [0.1, 0.15) is 6.04 Å². The van der Waals surface area contributed by atoms with Crippen molar-refractivity contribution in [2.45, 2.75) is 44.6 Å². The van der Waals surface area contributed by atoms with E-state index in [2.05, 4.69) is 12.1 Å². The second-order valence-corrected chi connectivity index (χ2v) is 6.27. The Kier molecular flexibility index (Phi) is 6.59. The van der Waals surface area contributed by atoms with Crippen LogP contribution in [0.25, 0.3) is 0 Å². The maximum atomic E-state index is 12.6. The average Bonchev–Trinajstić information content (AvgIpc) is 3.03. The summed E-state index contributed by atoms with van der Waals surface area (Å²) in [4.78, 5) is 25.4. The molecule has 0 aromatic heterocycles. The van der Waals surface area contributed by atoms with Crippen molar-refractivity contribution in [2.75, 3.05) is 13.1 Å². The highest BCUT2D eigenvalue weighted by Gasteiger charge is 2.34. The molecule has 1 aliphatic heterocycles. The summed E-state index contributed by atoms with van der Waals surface area (Å²) in [6, 6.07) is 9.46. The minimum Gasteiger partial charge on any atom is -0.480 e. The van der Waals surface area contributed by atoms with E-state index in [9.17, 15) is 14.7 Å². The van der Waals surface area contributed by atoms with Gasteiger partial charge in [-0.2, -0.15) is 0 Å². The molecule has 2 rings (SSSR count). The van der Waals surface area contributed by atoms with Crippen LogP contribution in [0.5, 0.6) is 0 Å². The van der Waals surface area contributed by atoms with Crippen LogP contribution in [-0.2, 0) is 16.0 Å². The number of hydrogen-bond acceptors (Lipinski definition) is 3. The molecule has 3 N–H and O–H groups in total. The van der Waals surface area contributed by atoms with E-state index in [1.165, 1.54) is 5.56 Å². The van der Waals surface area contributed by atoms with Gasteiger partial charge < -0.3 is 15.7 Å². The van der Waals surface area contributed by atoms with Gasteiger partial charge in [0.25, 0.3) is 0 Å². The van der Waals surface area contributed by atoms with Crippen LogP contribution in [0.1, 0.15) is 37.7 Å². The lowest BCUT2D eigenvalue weighted by Crippen LogP contribution is -2.41. The first kappa shape index (κ1) is 17.5. The van der Waals surface area contributed by atoms with Crippen LogP contribution in [0.15, 0.2) is 30.3 Å². The Balaban J connectivity index is 1.98. The highest BCUT2D eigenvalue weighted by atomic mass is 16.4. The smallest absolute Gasteiger partial charge is 0.326 e. The zero-order valence-corrected chi connectivity index (χ0v) is 13.5. The fraction of sp³-hybridized carbons (Fsp3) is 0.556. The molecule has 0 aliphatic carbocycles. The first-order chi connectivity index (χ1) is 11.1. The van der Waals surface area contributed by atoms with Gasteiger partial charge in [-0.25, -0.2) is 4.79 Å². The van der Waals surface area contributed by atoms with Gasteiger partial charge in [-0.15, -0.1) is 0 Å². The van der Waals surface area contributed by atoms with E-state index in [0.717, 1.165) is 25.7 Å². The topological polar surface area (TPSA) is 83.6 Å². The van der Waals surface area contributed by atoms with E-state index < -0.39 is 12.0 Å². The van der Waals surface area contributed by atoms with Crippen molar-refractivity contribution in [3.05, 3.63) is 35.9 Å². The van der Waals surface area contributed by atoms with Crippen molar-refractivity contribution in [1.82, 2.24) is 4.90 Å². The number of carbonyl (C=O) groups is 2. The second-order valence-electron chi connectivity index (χ2n) is 6.27. The minimum absolute atomic E-state index is 0.0344. The highest BCUT2D eigenvalue weighted by Crippen LogP contribution is 2.23. The van der Waals surface area contributed by atoms with E-state index in [0.29, 0.717) is 25.9 Å². The fourth-order valence-corrected chi connectivity index (χ4v) is 3.32. The van der Waals surface area contributed by atoms with E-state index in [-0.39, 0.29) is 11.8 Å². The number of benzene rings is 1. The summed E-state index contributed by atoms with van der Waals surface area (Å²) in [5.74, 6) is -0.714. The summed E-state index contributed by atoms with van der Waals surface area (Å²) in [6.45, 7) is 1.17. The molecule has 1 fully saturated rings. The van der Waals surface area contributed by atoms with Crippen LogP contribution in [0.2, 0.25) is 0 Å². The van der Waals surface area contributed by atoms with Gasteiger partial charge in [-0.1, -0.05) is 30.3 Å². The molecular formula is C18H26N2O3. The van der Waals surface area contributed by atoms with E-state index in [4.69, 9.17) is 5.73 Å². The maximum Gasteiger partial charge on any atom is 0.326 e. The van der Waals surface area contributed by atoms with E-state index in [1.807, 2.05) is 18.2 Å². The Labute approximate surface area is 137 Å². The number of carboxylic acid groups (broad SMARTS) is 1. The third kappa shape index (κ3) is 5.06. The number of carboxylic acids is 1. The molecule has 23 heavy (non-hydrogen) atoms. The summed E-state index contributed by atoms with van der Waals surface area (Å²) in [5, 5.41) is 9.23. The molecule has 126 valence electrons. The largest absolute Gasteiger partial charge is 0.480 e. The SMILES string of the molecule is NCCCC(CC(=O)N1CCC[C@H]1C(=O)O)Cc1ccccc1. The number of rotatable bonds is 8. The van der Waals surface area contributed by atoms with Gasteiger partial charge in [0.05, 0.1) is 0 Å². The number of likely N-dealkylation sites (tertiary alicyclic amines) is 1. The fourth-order valence-electron chi connectivity index (χ4n) is 3.32. The van der Waals surface area contributed by atoms with Crippen molar-refractivity contribution >= 4 is 11.9 Å². The van der Waals surface area contributed by atoms with Crippen LogP contribution < -0.4 is 5.73 Å². The standard InChI is InChI=1S/C18H26N2O3/c19-10-4-8-15(12-14-6-2-1-3-7-14)13-17(21)20-11-5-9-16(20)18(22)23/h1-3,6-7,15-16H,4-5,8-13,19H2,(H,22,23)/t15?,16-/m0/s1. The Morgan fingerprint density at radius 2 is 2.04 bits per heavy atom. The molecule has 1 heterocycles. The first-order valence-corrected chi connectivity index (χ1v) is 8.38. The molecule has 1 unspecified atom stereocenters. The molecule has 1 saturated heterocycles. The lowest BCUT2D eigenvalue weighted by Gasteiger charge is -2.24. The Morgan fingerprint density at radius 1 is 1.30 bits per heavy atom. The zero-order valence-electron chi connectivity index (χ0n) is 13.5. The third-order valence-corrected chi connectivity index (χ3v) is 4.51. The molecule has 1 aromatic rings. The van der Waals surface area contributed by atoms with Crippen LogP contribution in [0.3, 0.4) is 0 Å². The molecule has 0 saturated carbocycles. The lowest BCUT2D eigenvalue weighted by atomic mass is 9.91. The van der Waals surface area contributed by atoms with Gasteiger partial charge in [-0.05, 0) is 50.1 Å².